The lowest BCUT2D eigenvalue weighted by atomic mass is 9.95. The zero-order valence-electron chi connectivity index (χ0n) is 16.3. The van der Waals surface area contributed by atoms with Crippen molar-refractivity contribution in [2.75, 3.05) is 26.8 Å². The number of aryl methyl sites for hydroxylation is 3. The zero-order valence-corrected chi connectivity index (χ0v) is 17.1. The van der Waals surface area contributed by atoms with Gasteiger partial charge in [0.2, 0.25) is 0 Å². The van der Waals surface area contributed by atoms with E-state index in [1.54, 1.807) is 13.1 Å². The van der Waals surface area contributed by atoms with E-state index in [-0.39, 0.29) is 25.0 Å². The van der Waals surface area contributed by atoms with Crippen LogP contribution < -0.4 is 10.1 Å². The Labute approximate surface area is 167 Å². The van der Waals surface area contributed by atoms with Crippen molar-refractivity contribution in [3.05, 3.63) is 58.1 Å². The largest absolute Gasteiger partial charge is 0.508 e. The van der Waals surface area contributed by atoms with E-state index in [0.29, 0.717) is 24.7 Å². The number of nitrogens with one attached hydrogen (secondary N) is 1. The molecule has 2 aromatic carbocycles. The van der Waals surface area contributed by atoms with Crippen LogP contribution in [0.4, 0.5) is 0 Å². The minimum absolute atomic E-state index is 0. The molecule has 0 saturated heterocycles. The van der Waals surface area contributed by atoms with Gasteiger partial charge in [0.05, 0.1) is 0 Å². The molecule has 0 aliphatic rings. The van der Waals surface area contributed by atoms with Crippen LogP contribution in [0.1, 0.15) is 27.8 Å². The Hall–Kier alpha value is -2.24. The summed E-state index contributed by atoms with van der Waals surface area (Å²) in [5, 5.41) is 12.6. The highest BCUT2D eigenvalue weighted by molar-refractivity contribution is 5.85. The lowest BCUT2D eigenvalue weighted by Gasteiger charge is -2.14. The van der Waals surface area contributed by atoms with Crippen LogP contribution in [-0.2, 0) is 16.0 Å². The van der Waals surface area contributed by atoms with Gasteiger partial charge < -0.3 is 19.9 Å². The average Bonchev–Trinajstić information content (AvgIpc) is 2.59. The zero-order chi connectivity index (χ0) is 19.1. The van der Waals surface area contributed by atoms with Crippen LogP contribution >= 0.6 is 12.4 Å². The predicted molar refractivity (Wildman–Crippen MR) is 109 cm³/mol. The summed E-state index contributed by atoms with van der Waals surface area (Å²) in [5.74, 6) is 0.600. The summed E-state index contributed by atoms with van der Waals surface area (Å²) in [6.07, 6.45) is 0.783. The number of benzene rings is 2. The molecule has 0 unspecified atom stereocenters. The molecule has 2 rings (SSSR count). The smallest absolute Gasteiger partial charge is 0.344 e. The molecule has 0 aliphatic heterocycles. The number of carbonyl (C=O) groups excluding carboxylic acids is 1. The molecule has 0 radical (unpaired) electrons. The van der Waals surface area contributed by atoms with Crippen molar-refractivity contribution in [3.8, 4) is 11.5 Å². The summed E-state index contributed by atoms with van der Waals surface area (Å²) in [4.78, 5) is 11.6. The van der Waals surface area contributed by atoms with E-state index in [4.69, 9.17) is 9.47 Å². The van der Waals surface area contributed by atoms with Gasteiger partial charge in [-0.3, -0.25) is 0 Å². The van der Waals surface area contributed by atoms with Crippen molar-refractivity contribution in [1.82, 2.24) is 5.32 Å². The number of likely N-dealkylation sites (N-methyl/N-ethyl adjacent to an activating group) is 1. The summed E-state index contributed by atoms with van der Waals surface area (Å²) in [6, 6.07) is 9.55. The maximum absolute atomic E-state index is 11.6. The number of hydrogen-bond donors (Lipinski definition) is 2. The van der Waals surface area contributed by atoms with Gasteiger partial charge in [-0.2, -0.15) is 0 Å². The lowest BCUT2D eigenvalue weighted by Crippen LogP contribution is -2.21. The molecule has 27 heavy (non-hydrogen) atoms. The maximum Gasteiger partial charge on any atom is 0.344 e. The third-order valence-corrected chi connectivity index (χ3v) is 4.28. The molecule has 0 atom stereocenters. The van der Waals surface area contributed by atoms with Crippen LogP contribution in [0.25, 0.3) is 0 Å². The van der Waals surface area contributed by atoms with E-state index >= 15 is 0 Å². The van der Waals surface area contributed by atoms with Gasteiger partial charge in [-0.05, 0) is 80.3 Å². The van der Waals surface area contributed by atoms with Crippen molar-refractivity contribution < 1.29 is 19.4 Å². The first-order valence-corrected chi connectivity index (χ1v) is 8.72. The number of ether oxygens (including phenoxy) is 2. The van der Waals surface area contributed by atoms with E-state index in [2.05, 4.69) is 5.32 Å². The lowest BCUT2D eigenvalue weighted by molar-refractivity contribution is -0.145. The second-order valence-electron chi connectivity index (χ2n) is 6.45. The van der Waals surface area contributed by atoms with Crippen LogP contribution in [0.2, 0.25) is 0 Å². The van der Waals surface area contributed by atoms with Crippen molar-refractivity contribution >= 4 is 18.4 Å². The van der Waals surface area contributed by atoms with Crippen LogP contribution in [-0.4, -0.2) is 37.9 Å². The molecule has 0 saturated carbocycles. The van der Waals surface area contributed by atoms with Crippen LogP contribution in [0, 0.1) is 20.8 Å². The second-order valence-corrected chi connectivity index (χ2v) is 6.45. The molecule has 0 fully saturated rings. The van der Waals surface area contributed by atoms with Crippen molar-refractivity contribution in [3.63, 3.8) is 0 Å². The second kappa shape index (κ2) is 10.8. The van der Waals surface area contributed by atoms with E-state index in [0.717, 1.165) is 28.7 Å². The number of aromatic hydroxyl groups is 1. The molecule has 148 valence electrons. The van der Waals surface area contributed by atoms with Gasteiger partial charge in [0, 0.05) is 6.54 Å². The molecule has 6 heteroatoms. The predicted octanol–water partition coefficient (Wildman–Crippen LogP) is 3.47. The van der Waals surface area contributed by atoms with Crippen molar-refractivity contribution in [2.24, 2.45) is 0 Å². The molecule has 5 nitrogen and oxygen atoms in total. The third-order valence-electron chi connectivity index (χ3n) is 4.28. The van der Waals surface area contributed by atoms with E-state index in [9.17, 15) is 9.90 Å². The molecule has 2 aromatic rings. The number of carbonyl (C=O) groups is 1. The Balaban J connectivity index is 0.00000364. The number of phenolic OH excluding ortho intramolecular Hbond substituents is 1. The first kappa shape index (κ1) is 22.8. The highest BCUT2D eigenvalue weighted by Crippen LogP contribution is 2.26. The van der Waals surface area contributed by atoms with Gasteiger partial charge in [-0.25, -0.2) is 4.79 Å². The molecule has 0 aromatic heterocycles. The summed E-state index contributed by atoms with van der Waals surface area (Å²) < 4.78 is 10.6. The number of phenols is 1. The Bertz CT molecular complexity index is 754. The Kier molecular flexibility index (Phi) is 9.12. The van der Waals surface area contributed by atoms with E-state index in [1.807, 2.05) is 45.0 Å². The molecule has 0 heterocycles. The van der Waals surface area contributed by atoms with Gasteiger partial charge in [-0.15, -0.1) is 12.4 Å². The van der Waals surface area contributed by atoms with Gasteiger partial charge in [-0.1, -0.05) is 12.1 Å². The highest BCUT2D eigenvalue weighted by atomic mass is 35.5. The number of rotatable bonds is 8. The minimum Gasteiger partial charge on any atom is -0.508 e. The number of halogens is 1. The van der Waals surface area contributed by atoms with Gasteiger partial charge in [0.15, 0.2) is 6.61 Å². The quantitative estimate of drug-likeness (QED) is 0.531. The summed E-state index contributed by atoms with van der Waals surface area (Å²) in [5.41, 5.74) is 5.45. The molecule has 2 N–H and O–H groups in total. The van der Waals surface area contributed by atoms with E-state index in [1.165, 1.54) is 5.56 Å². The molecule has 0 amide bonds. The fraction of sp³-hybridized carbons (Fsp3) is 0.381. The minimum atomic E-state index is -0.376. The fourth-order valence-electron chi connectivity index (χ4n) is 2.80. The monoisotopic (exact) mass is 393 g/mol. The Morgan fingerprint density at radius 1 is 1.07 bits per heavy atom. The van der Waals surface area contributed by atoms with Crippen LogP contribution in [0.3, 0.4) is 0 Å². The van der Waals surface area contributed by atoms with Crippen LogP contribution in [0.15, 0.2) is 30.3 Å². The maximum atomic E-state index is 11.6. The Morgan fingerprint density at radius 2 is 1.74 bits per heavy atom. The van der Waals surface area contributed by atoms with Crippen LogP contribution in [0.5, 0.6) is 11.5 Å². The van der Waals surface area contributed by atoms with E-state index < -0.39 is 0 Å². The molecular weight excluding hydrogens is 366 g/mol. The molecule has 0 aliphatic carbocycles. The first-order valence-electron chi connectivity index (χ1n) is 8.72. The molecule has 0 bridgehead atoms. The summed E-state index contributed by atoms with van der Waals surface area (Å²) >= 11 is 0. The van der Waals surface area contributed by atoms with Gasteiger partial charge >= 0.3 is 5.97 Å². The van der Waals surface area contributed by atoms with Gasteiger partial charge in [0.25, 0.3) is 0 Å². The first-order chi connectivity index (χ1) is 12.4. The number of esters is 1. The normalized spacial score (nSPS) is 10.2. The standard InChI is InChI=1S/C21H27NO4.ClH/c1-14-10-18(26-13-21(24)25-8-7-22-4)11-15(2)19(14)12-17-5-6-20(23)16(3)9-17;/h5-6,9-11,22-23H,7-8,12-13H2,1-4H3;1H. The summed E-state index contributed by atoms with van der Waals surface area (Å²) in [7, 11) is 1.80. The van der Waals surface area contributed by atoms with Crippen molar-refractivity contribution in [1.29, 1.82) is 0 Å². The Morgan fingerprint density at radius 3 is 2.33 bits per heavy atom. The molecule has 0 spiro atoms. The van der Waals surface area contributed by atoms with Gasteiger partial charge in [0.1, 0.15) is 18.1 Å². The SMILES string of the molecule is CNCCOC(=O)COc1cc(C)c(Cc2ccc(O)c(C)c2)c(C)c1.Cl. The summed E-state index contributed by atoms with van der Waals surface area (Å²) in [6.45, 7) is 6.82. The topological polar surface area (TPSA) is 67.8 Å². The molecular formula is C21H28ClNO4. The fourth-order valence-corrected chi connectivity index (χ4v) is 2.80. The average molecular weight is 394 g/mol. The third kappa shape index (κ3) is 6.77. The van der Waals surface area contributed by atoms with Crippen molar-refractivity contribution in [2.45, 2.75) is 27.2 Å². The number of hydrogen-bond acceptors (Lipinski definition) is 5. The highest BCUT2D eigenvalue weighted by Gasteiger charge is 2.10.